The van der Waals surface area contributed by atoms with Crippen molar-refractivity contribution in [2.75, 3.05) is 5.32 Å². The summed E-state index contributed by atoms with van der Waals surface area (Å²) in [7, 11) is 0. The van der Waals surface area contributed by atoms with E-state index in [2.05, 4.69) is 10.3 Å². The molecule has 0 aliphatic rings. The van der Waals surface area contributed by atoms with Gasteiger partial charge in [-0.25, -0.2) is 4.98 Å². The molecule has 4 heteroatoms. The minimum absolute atomic E-state index is 0.0303. The number of oxazole rings is 1. The summed E-state index contributed by atoms with van der Waals surface area (Å²) in [6.07, 6.45) is 3.02. The maximum absolute atomic E-state index is 11.6. The fraction of sp³-hybridized carbons (Fsp3) is 0.158. The summed E-state index contributed by atoms with van der Waals surface area (Å²) in [4.78, 5) is 16.1. The van der Waals surface area contributed by atoms with Crippen LogP contribution in [0.1, 0.15) is 19.8 Å². The number of rotatable bonds is 5. The summed E-state index contributed by atoms with van der Waals surface area (Å²) in [5.74, 6) is 0.595. The highest BCUT2D eigenvalue weighted by Crippen LogP contribution is 2.25. The second kappa shape index (κ2) is 6.92. The molecule has 2 aromatic carbocycles. The lowest BCUT2D eigenvalue weighted by Crippen LogP contribution is -2.10. The van der Waals surface area contributed by atoms with Crippen LogP contribution in [0.5, 0.6) is 0 Å². The number of nitrogens with one attached hydrogen (secondary N) is 1. The van der Waals surface area contributed by atoms with Crippen LogP contribution in [-0.2, 0) is 4.79 Å². The zero-order chi connectivity index (χ0) is 16.1. The van der Waals surface area contributed by atoms with Crippen molar-refractivity contribution in [3.8, 4) is 22.7 Å². The number of nitrogens with zero attached hydrogens (tertiary/aromatic N) is 1. The molecule has 0 bridgehead atoms. The van der Waals surface area contributed by atoms with Crippen molar-refractivity contribution in [1.29, 1.82) is 0 Å². The zero-order valence-electron chi connectivity index (χ0n) is 13.0. The van der Waals surface area contributed by atoms with Crippen LogP contribution in [0.2, 0.25) is 0 Å². The predicted molar refractivity (Wildman–Crippen MR) is 90.9 cm³/mol. The largest absolute Gasteiger partial charge is 0.444 e. The number of hydrogen-bond donors (Lipinski definition) is 1. The normalized spacial score (nSPS) is 10.5. The van der Waals surface area contributed by atoms with Gasteiger partial charge in [0, 0.05) is 23.2 Å². The Labute approximate surface area is 135 Å². The highest BCUT2D eigenvalue weighted by atomic mass is 16.3. The first-order valence-electron chi connectivity index (χ1n) is 7.67. The van der Waals surface area contributed by atoms with Crippen LogP contribution in [0.25, 0.3) is 22.7 Å². The molecule has 0 saturated carbocycles. The first kappa shape index (κ1) is 15.0. The first-order valence-corrected chi connectivity index (χ1v) is 7.67. The minimum Gasteiger partial charge on any atom is -0.444 e. The van der Waals surface area contributed by atoms with Crippen LogP contribution in [0, 0.1) is 0 Å². The molecule has 0 aliphatic heterocycles. The summed E-state index contributed by atoms with van der Waals surface area (Å²) < 4.78 is 5.57. The number of carbonyl (C=O) groups is 1. The average Bonchev–Trinajstić information content (AvgIpc) is 3.07. The molecule has 1 amide bonds. The van der Waals surface area contributed by atoms with Gasteiger partial charge in [0.2, 0.25) is 11.8 Å². The summed E-state index contributed by atoms with van der Waals surface area (Å²) in [6.45, 7) is 1.98. The van der Waals surface area contributed by atoms with Gasteiger partial charge in [0.25, 0.3) is 0 Å². The van der Waals surface area contributed by atoms with Gasteiger partial charge < -0.3 is 9.73 Å². The molecule has 0 unspecified atom stereocenters. The molecular formula is C19H18N2O2. The van der Waals surface area contributed by atoms with Crippen molar-refractivity contribution in [2.24, 2.45) is 0 Å². The third kappa shape index (κ3) is 3.66. The van der Waals surface area contributed by atoms with Crippen LogP contribution < -0.4 is 5.32 Å². The Bertz CT molecular complexity index is 777. The van der Waals surface area contributed by atoms with Crippen molar-refractivity contribution in [1.82, 2.24) is 4.98 Å². The van der Waals surface area contributed by atoms with Crippen molar-refractivity contribution in [3.63, 3.8) is 0 Å². The Morgan fingerprint density at radius 2 is 1.78 bits per heavy atom. The molecule has 3 rings (SSSR count). The fourth-order valence-corrected chi connectivity index (χ4v) is 2.29. The van der Waals surface area contributed by atoms with Gasteiger partial charge in [0.05, 0.1) is 0 Å². The number of hydrogen-bond acceptors (Lipinski definition) is 3. The van der Waals surface area contributed by atoms with E-state index in [-0.39, 0.29) is 5.91 Å². The van der Waals surface area contributed by atoms with Gasteiger partial charge in [-0.1, -0.05) is 37.3 Å². The van der Waals surface area contributed by atoms with E-state index in [1.807, 2.05) is 61.5 Å². The molecule has 116 valence electrons. The Hall–Kier alpha value is -2.88. The lowest BCUT2D eigenvalue weighted by molar-refractivity contribution is -0.116. The van der Waals surface area contributed by atoms with E-state index in [0.717, 1.165) is 28.9 Å². The van der Waals surface area contributed by atoms with Crippen molar-refractivity contribution in [2.45, 2.75) is 19.8 Å². The van der Waals surface area contributed by atoms with E-state index < -0.39 is 0 Å². The Balaban J connectivity index is 1.75. The smallest absolute Gasteiger partial charge is 0.226 e. The Morgan fingerprint density at radius 3 is 2.48 bits per heavy atom. The van der Waals surface area contributed by atoms with Crippen LogP contribution >= 0.6 is 0 Å². The molecule has 23 heavy (non-hydrogen) atoms. The standard InChI is InChI=1S/C19H18N2O2/c1-2-6-18(22)20-16-11-9-15(10-12-16)19-21-17(13-23-19)14-7-4-3-5-8-14/h3-5,7-13H,2,6H2,1H3,(H,20,22). The molecular weight excluding hydrogens is 288 g/mol. The topological polar surface area (TPSA) is 55.1 Å². The van der Waals surface area contributed by atoms with Gasteiger partial charge >= 0.3 is 0 Å². The highest BCUT2D eigenvalue weighted by molar-refractivity contribution is 5.90. The average molecular weight is 306 g/mol. The monoisotopic (exact) mass is 306 g/mol. The predicted octanol–water partition coefficient (Wildman–Crippen LogP) is 4.75. The van der Waals surface area contributed by atoms with Crippen molar-refractivity contribution >= 4 is 11.6 Å². The molecule has 0 fully saturated rings. The quantitative estimate of drug-likeness (QED) is 0.740. The molecule has 1 aromatic heterocycles. The third-order valence-electron chi connectivity index (χ3n) is 3.47. The van der Waals surface area contributed by atoms with Gasteiger partial charge in [-0.05, 0) is 30.7 Å². The van der Waals surface area contributed by atoms with E-state index >= 15 is 0 Å². The first-order chi connectivity index (χ1) is 11.3. The number of anilines is 1. The van der Waals surface area contributed by atoms with E-state index in [4.69, 9.17) is 4.42 Å². The fourth-order valence-electron chi connectivity index (χ4n) is 2.29. The van der Waals surface area contributed by atoms with Crippen LogP contribution in [-0.4, -0.2) is 10.9 Å². The zero-order valence-corrected chi connectivity index (χ0v) is 13.0. The number of benzene rings is 2. The summed E-state index contributed by atoms with van der Waals surface area (Å²) in [5.41, 5.74) is 3.48. The van der Waals surface area contributed by atoms with E-state index in [0.29, 0.717) is 12.3 Å². The number of aromatic nitrogens is 1. The van der Waals surface area contributed by atoms with Gasteiger partial charge in [-0.3, -0.25) is 4.79 Å². The molecule has 4 nitrogen and oxygen atoms in total. The van der Waals surface area contributed by atoms with Gasteiger partial charge in [-0.15, -0.1) is 0 Å². The number of amides is 1. The summed E-state index contributed by atoms with van der Waals surface area (Å²) in [5, 5.41) is 2.86. The SMILES string of the molecule is CCCC(=O)Nc1ccc(-c2nc(-c3ccccc3)co2)cc1. The summed E-state index contributed by atoms with van der Waals surface area (Å²) in [6, 6.07) is 17.4. The molecule has 0 aliphatic carbocycles. The Morgan fingerprint density at radius 1 is 1.04 bits per heavy atom. The molecule has 0 spiro atoms. The van der Waals surface area contributed by atoms with E-state index in [1.54, 1.807) is 6.26 Å². The van der Waals surface area contributed by atoms with Crippen molar-refractivity contribution in [3.05, 3.63) is 60.9 Å². The van der Waals surface area contributed by atoms with Crippen molar-refractivity contribution < 1.29 is 9.21 Å². The maximum Gasteiger partial charge on any atom is 0.226 e. The Kier molecular flexibility index (Phi) is 4.52. The molecule has 0 radical (unpaired) electrons. The van der Waals surface area contributed by atoms with Gasteiger partial charge in [0.15, 0.2) is 0 Å². The van der Waals surface area contributed by atoms with Crippen LogP contribution in [0.3, 0.4) is 0 Å². The van der Waals surface area contributed by atoms with Gasteiger partial charge in [-0.2, -0.15) is 0 Å². The molecule has 0 atom stereocenters. The maximum atomic E-state index is 11.6. The highest BCUT2D eigenvalue weighted by Gasteiger charge is 2.08. The molecule has 0 saturated heterocycles. The lowest BCUT2D eigenvalue weighted by Gasteiger charge is -2.04. The van der Waals surface area contributed by atoms with Crippen LogP contribution in [0.15, 0.2) is 65.3 Å². The summed E-state index contributed by atoms with van der Waals surface area (Å²) >= 11 is 0. The van der Waals surface area contributed by atoms with E-state index in [1.165, 1.54) is 0 Å². The van der Waals surface area contributed by atoms with E-state index in [9.17, 15) is 4.79 Å². The third-order valence-corrected chi connectivity index (χ3v) is 3.47. The minimum atomic E-state index is 0.0303. The number of carbonyl (C=O) groups excluding carboxylic acids is 1. The molecule has 1 N–H and O–H groups in total. The lowest BCUT2D eigenvalue weighted by atomic mass is 10.2. The molecule has 1 heterocycles. The van der Waals surface area contributed by atoms with Crippen LogP contribution in [0.4, 0.5) is 5.69 Å². The second-order valence-electron chi connectivity index (χ2n) is 5.28. The van der Waals surface area contributed by atoms with Gasteiger partial charge in [0.1, 0.15) is 12.0 Å². The second-order valence-corrected chi connectivity index (χ2v) is 5.28. The molecule has 3 aromatic rings.